The van der Waals surface area contributed by atoms with Crippen LogP contribution < -0.4 is 5.32 Å². The van der Waals surface area contributed by atoms with Gasteiger partial charge in [-0.15, -0.1) is 0 Å². The van der Waals surface area contributed by atoms with Gasteiger partial charge in [-0.2, -0.15) is 0 Å². The van der Waals surface area contributed by atoms with Crippen LogP contribution in [-0.4, -0.2) is 48.4 Å². The molecule has 0 unspecified atom stereocenters. The van der Waals surface area contributed by atoms with Crippen LogP contribution in [0.3, 0.4) is 0 Å². The summed E-state index contributed by atoms with van der Waals surface area (Å²) in [5, 5.41) is 2.65. The third kappa shape index (κ3) is 6.20. The van der Waals surface area contributed by atoms with Crippen molar-refractivity contribution in [1.29, 1.82) is 0 Å². The minimum absolute atomic E-state index is 0.108. The largest absolute Gasteiger partial charge is 0.459 e. The van der Waals surface area contributed by atoms with Gasteiger partial charge < -0.3 is 19.4 Å². The molecule has 154 valence electrons. The first-order valence-corrected chi connectivity index (χ1v) is 9.96. The summed E-state index contributed by atoms with van der Waals surface area (Å²) in [6, 6.07) is 11.5. The standard InChI is InChI=1S/C22H26N2O5/c25-20(24-12-6-1-2-7-13-24)16-29-22(27)18(15-17-9-4-3-5-10-17)23-21(26)19-11-8-14-28-19/h3-5,8-11,14,18H,1-2,6-7,12-13,15-16H2,(H,23,26)/t18-/m0/s1. The molecule has 1 atom stereocenters. The third-order valence-electron chi connectivity index (χ3n) is 4.91. The molecule has 2 heterocycles. The molecule has 1 aliphatic heterocycles. The SMILES string of the molecule is O=C(N[C@@H](Cc1ccccc1)C(=O)OCC(=O)N1CCCCCC1)c1ccco1. The molecule has 0 spiro atoms. The van der Waals surface area contributed by atoms with Crippen molar-refractivity contribution in [2.75, 3.05) is 19.7 Å². The summed E-state index contributed by atoms with van der Waals surface area (Å²) in [6.45, 7) is 1.07. The molecule has 0 radical (unpaired) electrons. The van der Waals surface area contributed by atoms with E-state index >= 15 is 0 Å². The van der Waals surface area contributed by atoms with E-state index in [0.717, 1.165) is 31.2 Å². The Bertz CT molecular complexity index is 796. The van der Waals surface area contributed by atoms with Crippen LogP contribution >= 0.6 is 0 Å². The highest BCUT2D eigenvalue weighted by molar-refractivity contribution is 5.94. The van der Waals surface area contributed by atoms with E-state index in [0.29, 0.717) is 13.1 Å². The quantitative estimate of drug-likeness (QED) is 0.724. The molecule has 2 aromatic rings. The van der Waals surface area contributed by atoms with E-state index in [1.165, 1.54) is 12.3 Å². The molecule has 3 rings (SSSR count). The van der Waals surface area contributed by atoms with E-state index in [9.17, 15) is 14.4 Å². The summed E-state index contributed by atoms with van der Waals surface area (Å²) >= 11 is 0. The molecule has 1 N–H and O–H groups in total. The number of nitrogens with one attached hydrogen (secondary N) is 1. The van der Waals surface area contributed by atoms with Gasteiger partial charge in [0.2, 0.25) is 0 Å². The average molecular weight is 398 g/mol. The zero-order valence-corrected chi connectivity index (χ0v) is 16.3. The number of benzene rings is 1. The van der Waals surface area contributed by atoms with Crippen LogP contribution in [-0.2, 0) is 20.7 Å². The number of ether oxygens (including phenoxy) is 1. The fourth-order valence-corrected chi connectivity index (χ4v) is 3.33. The number of hydrogen-bond donors (Lipinski definition) is 1. The van der Waals surface area contributed by atoms with Gasteiger partial charge in [-0.05, 0) is 30.5 Å². The second kappa shape index (κ2) is 10.5. The van der Waals surface area contributed by atoms with Gasteiger partial charge >= 0.3 is 5.97 Å². The maximum Gasteiger partial charge on any atom is 0.329 e. The van der Waals surface area contributed by atoms with Gasteiger partial charge in [0.1, 0.15) is 6.04 Å². The van der Waals surface area contributed by atoms with Crippen LogP contribution in [0, 0.1) is 0 Å². The van der Waals surface area contributed by atoms with Crippen molar-refractivity contribution < 1.29 is 23.5 Å². The first-order chi connectivity index (χ1) is 14.1. The number of likely N-dealkylation sites (tertiary alicyclic amines) is 1. The Morgan fingerprint density at radius 2 is 1.72 bits per heavy atom. The van der Waals surface area contributed by atoms with E-state index in [-0.39, 0.29) is 24.7 Å². The van der Waals surface area contributed by atoms with Gasteiger partial charge in [0.05, 0.1) is 6.26 Å². The number of nitrogens with zero attached hydrogens (tertiary/aromatic N) is 1. The zero-order valence-electron chi connectivity index (χ0n) is 16.3. The molecule has 1 aromatic carbocycles. The minimum Gasteiger partial charge on any atom is -0.459 e. The van der Waals surface area contributed by atoms with E-state index in [2.05, 4.69) is 5.32 Å². The second-order valence-corrected chi connectivity index (χ2v) is 7.10. The summed E-state index contributed by atoms with van der Waals surface area (Å²) in [5.41, 5.74) is 0.869. The average Bonchev–Trinajstić information content (AvgIpc) is 3.14. The van der Waals surface area contributed by atoms with Gasteiger partial charge in [0.25, 0.3) is 11.8 Å². The number of furan rings is 1. The molecule has 7 heteroatoms. The van der Waals surface area contributed by atoms with Crippen molar-refractivity contribution in [3.63, 3.8) is 0 Å². The molecule has 1 fully saturated rings. The van der Waals surface area contributed by atoms with Gasteiger partial charge in [-0.25, -0.2) is 4.79 Å². The van der Waals surface area contributed by atoms with Crippen molar-refractivity contribution in [2.24, 2.45) is 0 Å². The monoisotopic (exact) mass is 398 g/mol. The number of esters is 1. The van der Waals surface area contributed by atoms with Gasteiger partial charge in [-0.3, -0.25) is 9.59 Å². The molecule has 1 aliphatic rings. The fourth-order valence-electron chi connectivity index (χ4n) is 3.33. The van der Waals surface area contributed by atoms with Crippen molar-refractivity contribution in [2.45, 2.75) is 38.1 Å². The van der Waals surface area contributed by atoms with Crippen LogP contribution in [0.1, 0.15) is 41.8 Å². The summed E-state index contributed by atoms with van der Waals surface area (Å²) in [7, 11) is 0. The number of carbonyl (C=O) groups excluding carboxylic acids is 3. The lowest BCUT2D eigenvalue weighted by Gasteiger charge is -2.21. The van der Waals surface area contributed by atoms with Crippen LogP contribution in [0.2, 0.25) is 0 Å². The van der Waals surface area contributed by atoms with Crippen LogP contribution in [0.4, 0.5) is 0 Å². The number of amides is 2. The fraction of sp³-hybridized carbons (Fsp3) is 0.409. The molecule has 1 aromatic heterocycles. The normalized spacial score (nSPS) is 15.2. The van der Waals surface area contributed by atoms with Gasteiger partial charge in [0.15, 0.2) is 12.4 Å². The lowest BCUT2D eigenvalue weighted by molar-refractivity contribution is -0.153. The Hall–Kier alpha value is -3.09. The Morgan fingerprint density at radius 1 is 1.00 bits per heavy atom. The maximum atomic E-state index is 12.7. The summed E-state index contributed by atoms with van der Waals surface area (Å²) < 4.78 is 10.4. The van der Waals surface area contributed by atoms with Crippen LogP contribution in [0.25, 0.3) is 0 Å². The van der Waals surface area contributed by atoms with Crippen LogP contribution in [0.15, 0.2) is 53.1 Å². The molecule has 0 saturated carbocycles. The lowest BCUT2D eigenvalue weighted by atomic mass is 10.1. The highest BCUT2D eigenvalue weighted by Crippen LogP contribution is 2.11. The molecular weight excluding hydrogens is 372 g/mol. The topological polar surface area (TPSA) is 88.8 Å². The molecule has 0 aliphatic carbocycles. The van der Waals surface area contributed by atoms with Gasteiger partial charge in [0, 0.05) is 19.5 Å². The van der Waals surface area contributed by atoms with E-state index in [4.69, 9.17) is 9.15 Å². The Kier molecular flexibility index (Phi) is 7.44. The molecule has 2 amide bonds. The lowest BCUT2D eigenvalue weighted by Crippen LogP contribution is -2.44. The third-order valence-corrected chi connectivity index (χ3v) is 4.91. The highest BCUT2D eigenvalue weighted by atomic mass is 16.5. The first kappa shape index (κ1) is 20.6. The Balaban J connectivity index is 1.61. The predicted octanol–water partition coefficient (Wildman–Crippen LogP) is 2.57. The Labute approximate surface area is 170 Å². The van der Waals surface area contributed by atoms with Crippen molar-refractivity contribution in [3.05, 3.63) is 60.1 Å². The molecule has 0 bridgehead atoms. The van der Waals surface area contributed by atoms with Gasteiger partial charge in [-0.1, -0.05) is 43.2 Å². The van der Waals surface area contributed by atoms with E-state index in [1.807, 2.05) is 30.3 Å². The zero-order chi connectivity index (χ0) is 20.5. The molecule has 1 saturated heterocycles. The number of hydrogen-bond acceptors (Lipinski definition) is 5. The summed E-state index contributed by atoms with van der Waals surface area (Å²) in [5.74, 6) is -1.24. The number of carbonyl (C=O) groups is 3. The Morgan fingerprint density at radius 3 is 2.38 bits per heavy atom. The number of rotatable bonds is 7. The van der Waals surface area contributed by atoms with Crippen molar-refractivity contribution in [1.82, 2.24) is 10.2 Å². The second-order valence-electron chi connectivity index (χ2n) is 7.10. The van der Waals surface area contributed by atoms with E-state index in [1.54, 1.807) is 11.0 Å². The molecular formula is C22H26N2O5. The van der Waals surface area contributed by atoms with E-state index < -0.39 is 17.9 Å². The van der Waals surface area contributed by atoms with Crippen LogP contribution in [0.5, 0.6) is 0 Å². The predicted molar refractivity (Wildman–Crippen MR) is 106 cm³/mol. The maximum absolute atomic E-state index is 12.7. The first-order valence-electron chi connectivity index (χ1n) is 9.96. The summed E-state index contributed by atoms with van der Waals surface area (Å²) in [4.78, 5) is 39.2. The smallest absolute Gasteiger partial charge is 0.329 e. The van der Waals surface area contributed by atoms with Crippen molar-refractivity contribution in [3.8, 4) is 0 Å². The molecule has 29 heavy (non-hydrogen) atoms. The highest BCUT2D eigenvalue weighted by Gasteiger charge is 2.26. The summed E-state index contributed by atoms with van der Waals surface area (Å²) in [6.07, 6.45) is 5.80. The molecule has 7 nitrogen and oxygen atoms in total. The minimum atomic E-state index is -0.924. The van der Waals surface area contributed by atoms with Crippen molar-refractivity contribution >= 4 is 17.8 Å².